The number of para-hydroxylation sites is 1. The number of amides is 1. The van der Waals surface area contributed by atoms with Gasteiger partial charge < -0.3 is 14.1 Å². The lowest BCUT2D eigenvalue weighted by Gasteiger charge is -2.26. The Balaban J connectivity index is 1.55. The molecule has 1 aliphatic rings. The van der Waals surface area contributed by atoms with E-state index in [0.717, 1.165) is 0 Å². The SMILES string of the molecule is O=C1C(=O)N(Cc2ccco2)C(c2cccc(Oc3ccccc3)c2)C1C(=O)c1cccs1. The number of benzene rings is 2. The maximum atomic E-state index is 13.3. The minimum atomic E-state index is -1.14. The average Bonchev–Trinajstić information content (AvgIpc) is 3.59. The highest BCUT2D eigenvalue weighted by Crippen LogP contribution is 2.41. The van der Waals surface area contributed by atoms with Gasteiger partial charge in [-0.25, -0.2) is 0 Å². The number of Topliss-reactive ketones (excluding diaryl/α,β-unsaturated/α-hetero) is 2. The Labute approximate surface area is 194 Å². The standard InChI is InChI=1S/C26H19NO5S/c28-24(21-12-6-14-33-21)22-23(27(26(30)25(22)29)16-20-11-5-13-31-20)17-7-4-10-19(15-17)32-18-8-2-1-3-9-18/h1-15,22-23H,16H2. The summed E-state index contributed by atoms with van der Waals surface area (Å²) < 4.78 is 11.4. The first-order valence-corrected chi connectivity index (χ1v) is 11.3. The van der Waals surface area contributed by atoms with Crippen molar-refractivity contribution in [3.63, 3.8) is 0 Å². The Kier molecular flexibility index (Phi) is 5.62. The molecule has 2 atom stereocenters. The Morgan fingerprint density at radius 1 is 0.939 bits per heavy atom. The molecule has 0 radical (unpaired) electrons. The molecule has 2 unspecified atom stereocenters. The van der Waals surface area contributed by atoms with Gasteiger partial charge in [-0.2, -0.15) is 0 Å². The number of ketones is 2. The van der Waals surface area contributed by atoms with Gasteiger partial charge in [-0.05, 0) is 53.4 Å². The van der Waals surface area contributed by atoms with Crippen LogP contribution in [0, 0.1) is 5.92 Å². The molecule has 4 aromatic rings. The Hall–Kier alpha value is -3.97. The van der Waals surface area contributed by atoms with Crippen molar-refractivity contribution in [2.24, 2.45) is 5.92 Å². The van der Waals surface area contributed by atoms with Crippen molar-refractivity contribution in [1.29, 1.82) is 0 Å². The molecule has 2 aromatic heterocycles. The molecule has 0 spiro atoms. The Bertz CT molecular complexity index is 1280. The molecule has 1 amide bonds. The molecule has 0 aliphatic carbocycles. The van der Waals surface area contributed by atoms with E-state index in [2.05, 4.69) is 0 Å². The van der Waals surface area contributed by atoms with Crippen LogP contribution < -0.4 is 4.74 Å². The number of rotatable bonds is 7. The highest BCUT2D eigenvalue weighted by atomic mass is 32.1. The van der Waals surface area contributed by atoms with Gasteiger partial charge in [0.1, 0.15) is 23.2 Å². The summed E-state index contributed by atoms with van der Waals surface area (Å²) in [4.78, 5) is 41.3. The van der Waals surface area contributed by atoms with E-state index in [-0.39, 0.29) is 12.3 Å². The summed E-state index contributed by atoms with van der Waals surface area (Å²) in [7, 11) is 0. The zero-order valence-corrected chi connectivity index (χ0v) is 18.2. The highest BCUT2D eigenvalue weighted by molar-refractivity contribution is 7.12. The number of carbonyl (C=O) groups excluding carboxylic acids is 3. The second kappa shape index (κ2) is 8.88. The largest absolute Gasteiger partial charge is 0.467 e. The van der Waals surface area contributed by atoms with Gasteiger partial charge in [-0.3, -0.25) is 14.4 Å². The normalized spacial score (nSPS) is 18.0. The molecule has 7 heteroatoms. The van der Waals surface area contributed by atoms with Crippen LogP contribution in [0.25, 0.3) is 0 Å². The molecule has 0 N–H and O–H groups in total. The fourth-order valence-electron chi connectivity index (χ4n) is 4.06. The number of thiophene rings is 1. The van der Waals surface area contributed by atoms with E-state index in [4.69, 9.17) is 9.15 Å². The molecule has 6 nitrogen and oxygen atoms in total. The van der Waals surface area contributed by atoms with Gasteiger partial charge in [0.25, 0.3) is 5.91 Å². The second-order valence-electron chi connectivity index (χ2n) is 7.63. The van der Waals surface area contributed by atoms with Gasteiger partial charge in [0.05, 0.1) is 23.7 Å². The van der Waals surface area contributed by atoms with Crippen LogP contribution in [0.15, 0.2) is 94.9 Å². The fraction of sp³-hybridized carbons (Fsp3) is 0.115. The first-order chi connectivity index (χ1) is 16.1. The lowest BCUT2D eigenvalue weighted by atomic mass is 9.88. The predicted molar refractivity (Wildman–Crippen MR) is 122 cm³/mol. The number of hydrogen-bond acceptors (Lipinski definition) is 6. The first-order valence-electron chi connectivity index (χ1n) is 10.4. The van der Waals surface area contributed by atoms with Crippen molar-refractivity contribution in [3.8, 4) is 11.5 Å². The molecule has 0 saturated carbocycles. The van der Waals surface area contributed by atoms with E-state index in [1.54, 1.807) is 53.9 Å². The zero-order chi connectivity index (χ0) is 22.8. The van der Waals surface area contributed by atoms with Crippen molar-refractivity contribution in [2.75, 3.05) is 0 Å². The summed E-state index contributed by atoms with van der Waals surface area (Å²) in [5, 5.41) is 1.78. The lowest BCUT2D eigenvalue weighted by Crippen LogP contribution is -2.30. The molecular weight excluding hydrogens is 438 g/mol. The summed E-state index contributed by atoms with van der Waals surface area (Å²) in [6.07, 6.45) is 1.51. The number of furan rings is 1. The van der Waals surface area contributed by atoms with Crippen molar-refractivity contribution in [3.05, 3.63) is 107 Å². The van der Waals surface area contributed by atoms with Crippen molar-refractivity contribution in [2.45, 2.75) is 12.6 Å². The predicted octanol–water partition coefficient (Wildman–Crippen LogP) is 5.29. The fourth-order valence-corrected chi connectivity index (χ4v) is 4.76. The molecule has 1 saturated heterocycles. The molecular formula is C26H19NO5S. The van der Waals surface area contributed by atoms with Crippen LogP contribution in [0.2, 0.25) is 0 Å². The molecule has 164 valence electrons. The van der Waals surface area contributed by atoms with Gasteiger partial charge >= 0.3 is 0 Å². The zero-order valence-electron chi connectivity index (χ0n) is 17.4. The van der Waals surface area contributed by atoms with Gasteiger partial charge in [0.15, 0.2) is 5.78 Å². The smallest absolute Gasteiger partial charge is 0.291 e. The summed E-state index contributed by atoms with van der Waals surface area (Å²) in [5.74, 6) is -1.16. The van der Waals surface area contributed by atoms with Crippen molar-refractivity contribution < 1.29 is 23.5 Å². The second-order valence-corrected chi connectivity index (χ2v) is 8.58. The van der Waals surface area contributed by atoms with Gasteiger partial charge in [-0.15, -0.1) is 11.3 Å². The van der Waals surface area contributed by atoms with E-state index in [9.17, 15) is 14.4 Å². The Morgan fingerprint density at radius 3 is 2.48 bits per heavy atom. The molecule has 33 heavy (non-hydrogen) atoms. The quantitative estimate of drug-likeness (QED) is 0.214. The van der Waals surface area contributed by atoms with Gasteiger partial charge in [-0.1, -0.05) is 36.4 Å². The van der Waals surface area contributed by atoms with Crippen LogP contribution in [-0.2, 0) is 16.1 Å². The summed E-state index contributed by atoms with van der Waals surface area (Å²) in [6.45, 7) is 0.0836. The van der Waals surface area contributed by atoms with Crippen LogP contribution in [0.4, 0.5) is 0 Å². The first kappa shape index (κ1) is 20.9. The highest BCUT2D eigenvalue weighted by Gasteiger charge is 2.52. The van der Waals surface area contributed by atoms with E-state index in [1.165, 1.54) is 22.5 Å². The number of likely N-dealkylation sites (tertiary alicyclic amines) is 1. The Morgan fingerprint density at radius 2 is 1.76 bits per heavy atom. The van der Waals surface area contributed by atoms with Crippen LogP contribution in [0.3, 0.4) is 0 Å². The van der Waals surface area contributed by atoms with Crippen molar-refractivity contribution >= 4 is 28.8 Å². The molecule has 0 bridgehead atoms. The third kappa shape index (κ3) is 4.10. The average molecular weight is 458 g/mol. The number of nitrogens with zero attached hydrogens (tertiary/aromatic N) is 1. The molecule has 2 aromatic carbocycles. The van der Waals surface area contributed by atoms with Gasteiger partial charge in [0.2, 0.25) is 5.78 Å². The summed E-state index contributed by atoms with van der Waals surface area (Å²) >= 11 is 1.26. The van der Waals surface area contributed by atoms with E-state index in [1.807, 2.05) is 30.3 Å². The summed E-state index contributed by atoms with van der Waals surface area (Å²) in [5.41, 5.74) is 0.643. The van der Waals surface area contributed by atoms with Crippen molar-refractivity contribution in [1.82, 2.24) is 4.90 Å². The number of ether oxygens (including phenoxy) is 1. The topological polar surface area (TPSA) is 76.8 Å². The lowest BCUT2D eigenvalue weighted by molar-refractivity contribution is -0.141. The molecule has 1 fully saturated rings. The minimum Gasteiger partial charge on any atom is -0.467 e. The van der Waals surface area contributed by atoms with Crippen LogP contribution >= 0.6 is 11.3 Å². The van der Waals surface area contributed by atoms with Gasteiger partial charge in [0, 0.05) is 0 Å². The number of hydrogen-bond donors (Lipinski definition) is 0. The molecule has 5 rings (SSSR count). The maximum Gasteiger partial charge on any atom is 0.291 e. The van der Waals surface area contributed by atoms with E-state index >= 15 is 0 Å². The van der Waals surface area contributed by atoms with E-state index in [0.29, 0.717) is 27.7 Å². The summed E-state index contributed by atoms with van der Waals surface area (Å²) in [6, 6.07) is 22.6. The molecule has 3 heterocycles. The minimum absolute atomic E-state index is 0.0836. The van der Waals surface area contributed by atoms with Crippen LogP contribution in [-0.4, -0.2) is 22.4 Å². The van der Waals surface area contributed by atoms with E-state index < -0.39 is 23.7 Å². The third-order valence-corrected chi connectivity index (χ3v) is 6.42. The van der Waals surface area contributed by atoms with Crippen LogP contribution in [0.5, 0.6) is 11.5 Å². The third-order valence-electron chi connectivity index (χ3n) is 5.54. The van der Waals surface area contributed by atoms with Crippen LogP contribution in [0.1, 0.15) is 27.0 Å². The molecule has 1 aliphatic heterocycles. The maximum absolute atomic E-state index is 13.3. The number of carbonyl (C=O) groups is 3. The monoisotopic (exact) mass is 457 g/mol.